The third-order valence-corrected chi connectivity index (χ3v) is 4.95. The highest BCUT2D eigenvalue weighted by Crippen LogP contribution is 2.21. The molecule has 4 nitrogen and oxygen atoms in total. The summed E-state index contributed by atoms with van der Waals surface area (Å²) in [4.78, 5) is 15.0. The zero-order valence-corrected chi connectivity index (χ0v) is 14.4. The number of likely N-dealkylation sites (N-methyl/N-ethyl adjacent to an activating group) is 1. The molecular weight excluding hydrogens is 286 g/mol. The topological polar surface area (TPSA) is 37.3 Å². The Morgan fingerprint density at radius 1 is 1.35 bits per heavy atom. The number of rotatable bonds is 5. The van der Waals surface area contributed by atoms with Gasteiger partial charge in [-0.3, -0.25) is 9.69 Å². The molecule has 2 heterocycles. The molecule has 0 radical (unpaired) electrons. The number of hydrogen-bond acceptors (Lipinski definition) is 2. The molecule has 1 aliphatic heterocycles. The molecule has 2 aromatic rings. The zero-order chi connectivity index (χ0) is 16.4. The number of likely N-dealkylation sites (tertiary alicyclic amines) is 1. The second kappa shape index (κ2) is 6.75. The van der Waals surface area contributed by atoms with Gasteiger partial charge >= 0.3 is 0 Å². The first-order valence-electron chi connectivity index (χ1n) is 8.73. The number of nitrogens with one attached hydrogen (secondary N) is 1. The van der Waals surface area contributed by atoms with E-state index in [1.807, 2.05) is 18.2 Å². The number of benzene rings is 1. The molecule has 0 aliphatic carbocycles. The van der Waals surface area contributed by atoms with Gasteiger partial charge < -0.3 is 9.88 Å². The van der Waals surface area contributed by atoms with Gasteiger partial charge in [0.05, 0.1) is 0 Å². The predicted octanol–water partition coefficient (Wildman–Crippen LogP) is 3.44. The Morgan fingerprint density at radius 3 is 2.91 bits per heavy atom. The van der Waals surface area contributed by atoms with Crippen LogP contribution in [0.1, 0.15) is 50.0 Å². The lowest BCUT2D eigenvalue weighted by Crippen LogP contribution is -2.40. The van der Waals surface area contributed by atoms with E-state index < -0.39 is 0 Å². The van der Waals surface area contributed by atoms with Gasteiger partial charge in [0.1, 0.15) is 0 Å². The van der Waals surface area contributed by atoms with Gasteiger partial charge in [-0.1, -0.05) is 13.0 Å². The zero-order valence-electron chi connectivity index (χ0n) is 14.4. The van der Waals surface area contributed by atoms with Crippen LogP contribution in [0.4, 0.5) is 0 Å². The Morgan fingerprint density at radius 2 is 2.17 bits per heavy atom. The van der Waals surface area contributed by atoms with Crippen LogP contribution in [-0.4, -0.2) is 41.1 Å². The summed E-state index contributed by atoms with van der Waals surface area (Å²) in [5, 5.41) is 4.30. The minimum absolute atomic E-state index is 0.0337. The summed E-state index contributed by atoms with van der Waals surface area (Å²) < 4.78 is 2.21. The standard InChI is InChI=1S/C19H27N3O/c1-4-21-10-5-6-17(21)13-20-19(23)16-8-7-15-9-11-22(14(2)3)18(15)12-16/h7-9,11-12,14,17H,4-6,10,13H2,1-3H3,(H,20,23). The fraction of sp³-hybridized carbons (Fsp3) is 0.526. The van der Waals surface area contributed by atoms with Crippen LogP contribution >= 0.6 is 0 Å². The molecule has 0 bridgehead atoms. The SMILES string of the molecule is CCN1CCCC1CNC(=O)c1ccc2ccn(C(C)C)c2c1. The maximum absolute atomic E-state index is 12.5. The maximum atomic E-state index is 12.5. The van der Waals surface area contributed by atoms with Gasteiger partial charge in [0.25, 0.3) is 5.91 Å². The lowest BCUT2D eigenvalue weighted by molar-refractivity contribution is 0.0941. The number of fused-ring (bicyclic) bond motifs is 1. The fourth-order valence-electron chi connectivity index (χ4n) is 3.60. The quantitative estimate of drug-likeness (QED) is 0.918. The molecule has 0 saturated carbocycles. The monoisotopic (exact) mass is 313 g/mol. The number of carbonyl (C=O) groups is 1. The van der Waals surface area contributed by atoms with Crippen LogP contribution in [-0.2, 0) is 0 Å². The van der Waals surface area contributed by atoms with Gasteiger partial charge in [0.2, 0.25) is 0 Å². The Bertz CT molecular complexity index is 689. The second-order valence-electron chi connectivity index (χ2n) is 6.73. The third kappa shape index (κ3) is 3.27. The van der Waals surface area contributed by atoms with E-state index in [9.17, 15) is 4.79 Å². The molecule has 1 saturated heterocycles. The molecule has 4 heteroatoms. The Labute approximate surface area is 138 Å². The smallest absolute Gasteiger partial charge is 0.251 e. The van der Waals surface area contributed by atoms with Gasteiger partial charge in [-0.05, 0) is 63.4 Å². The lowest BCUT2D eigenvalue weighted by atomic mass is 10.1. The van der Waals surface area contributed by atoms with Gasteiger partial charge in [0, 0.05) is 35.9 Å². The third-order valence-electron chi connectivity index (χ3n) is 4.95. The van der Waals surface area contributed by atoms with E-state index in [-0.39, 0.29) is 5.91 Å². The predicted molar refractivity (Wildman–Crippen MR) is 94.9 cm³/mol. The molecule has 124 valence electrons. The van der Waals surface area contributed by atoms with Crippen molar-refractivity contribution in [3.05, 3.63) is 36.0 Å². The van der Waals surface area contributed by atoms with E-state index in [2.05, 4.69) is 47.8 Å². The van der Waals surface area contributed by atoms with Crippen molar-refractivity contribution in [2.45, 2.75) is 45.7 Å². The number of amides is 1. The van der Waals surface area contributed by atoms with Crippen molar-refractivity contribution in [1.82, 2.24) is 14.8 Å². The molecule has 1 fully saturated rings. The molecule has 1 atom stereocenters. The van der Waals surface area contributed by atoms with E-state index in [0.717, 1.165) is 30.7 Å². The maximum Gasteiger partial charge on any atom is 0.251 e. The molecule has 3 rings (SSSR count). The normalized spacial score (nSPS) is 18.9. The molecule has 0 spiro atoms. The summed E-state index contributed by atoms with van der Waals surface area (Å²) in [5.41, 5.74) is 1.88. The molecule has 1 unspecified atom stereocenters. The lowest BCUT2D eigenvalue weighted by Gasteiger charge is -2.22. The van der Waals surface area contributed by atoms with Crippen LogP contribution in [0.3, 0.4) is 0 Å². The first-order chi connectivity index (χ1) is 11.1. The Balaban J connectivity index is 1.72. The average molecular weight is 313 g/mol. The van der Waals surface area contributed by atoms with Crippen LogP contribution in [0.25, 0.3) is 10.9 Å². The van der Waals surface area contributed by atoms with Crippen molar-refractivity contribution >= 4 is 16.8 Å². The van der Waals surface area contributed by atoms with E-state index in [1.54, 1.807) is 0 Å². The number of aromatic nitrogens is 1. The summed E-state index contributed by atoms with van der Waals surface area (Å²) in [6, 6.07) is 8.96. The van der Waals surface area contributed by atoms with E-state index in [0.29, 0.717) is 12.1 Å². The first kappa shape index (κ1) is 16.1. The Hall–Kier alpha value is -1.81. The van der Waals surface area contributed by atoms with Crippen molar-refractivity contribution in [3.8, 4) is 0 Å². The van der Waals surface area contributed by atoms with Gasteiger partial charge in [-0.2, -0.15) is 0 Å². The molecule has 1 N–H and O–H groups in total. The summed E-state index contributed by atoms with van der Waals surface area (Å²) in [7, 11) is 0. The molecule has 1 amide bonds. The summed E-state index contributed by atoms with van der Waals surface area (Å²) in [6.45, 7) is 9.47. The van der Waals surface area contributed by atoms with Gasteiger partial charge in [-0.15, -0.1) is 0 Å². The molecule has 23 heavy (non-hydrogen) atoms. The van der Waals surface area contributed by atoms with Crippen molar-refractivity contribution in [2.75, 3.05) is 19.6 Å². The highest BCUT2D eigenvalue weighted by molar-refractivity contribution is 5.98. The molecule has 1 aromatic heterocycles. The summed E-state index contributed by atoms with van der Waals surface area (Å²) in [5.74, 6) is 0.0337. The minimum Gasteiger partial charge on any atom is -0.350 e. The first-order valence-corrected chi connectivity index (χ1v) is 8.73. The van der Waals surface area contributed by atoms with E-state index in [4.69, 9.17) is 0 Å². The molecule has 1 aromatic carbocycles. The second-order valence-corrected chi connectivity index (χ2v) is 6.73. The van der Waals surface area contributed by atoms with Gasteiger partial charge in [0.15, 0.2) is 0 Å². The van der Waals surface area contributed by atoms with E-state index >= 15 is 0 Å². The van der Waals surface area contributed by atoms with Crippen molar-refractivity contribution in [3.63, 3.8) is 0 Å². The molecular formula is C19H27N3O. The van der Waals surface area contributed by atoms with Crippen LogP contribution < -0.4 is 5.32 Å². The van der Waals surface area contributed by atoms with Gasteiger partial charge in [-0.25, -0.2) is 0 Å². The summed E-state index contributed by atoms with van der Waals surface area (Å²) >= 11 is 0. The van der Waals surface area contributed by atoms with Crippen LogP contribution in [0.2, 0.25) is 0 Å². The van der Waals surface area contributed by atoms with E-state index in [1.165, 1.54) is 18.2 Å². The number of hydrogen-bond donors (Lipinski definition) is 1. The minimum atomic E-state index is 0.0337. The van der Waals surface area contributed by atoms with Crippen LogP contribution in [0.15, 0.2) is 30.5 Å². The fourth-order valence-corrected chi connectivity index (χ4v) is 3.60. The number of nitrogens with zero attached hydrogens (tertiary/aromatic N) is 2. The Kier molecular flexibility index (Phi) is 4.71. The van der Waals surface area contributed by atoms with Crippen molar-refractivity contribution < 1.29 is 4.79 Å². The largest absolute Gasteiger partial charge is 0.350 e. The van der Waals surface area contributed by atoms with Crippen LogP contribution in [0.5, 0.6) is 0 Å². The van der Waals surface area contributed by atoms with Crippen molar-refractivity contribution in [2.24, 2.45) is 0 Å². The number of carbonyl (C=O) groups excluding carboxylic acids is 1. The van der Waals surface area contributed by atoms with Crippen molar-refractivity contribution in [1.29, 1.82) is 0 Å². The van der Waals surface area contributed by atoms with Crippen LogP contribution in [0, 0.1) is 0 Å². The molecule has 1 aliphatic rings. The highest BCUT2D eigenvalue weighted by atomic mass is 16.1. The summed E-state index contributed by atoms with van der Waals surface area (Å²) in [6.07, 6.45) is 4.51. The average Bonchev–Trinajstić information content (AvgIpc) is 3.17. The highest BCUT2D eigenvalue weighted by Gasteiger charge is 2.23.